The Morgan fingerprint density at radius 1 is 0.745 bits per heavy atom. The summed E-state index contributed by atoms with van der Waals surface area (Å²) in [6.07, 6.45) is 14.1. The number of carbonyl (C=O) groups excluding carboxylic acids is 3. The van der Waals surface area contributed by atoms with Crippen molar-refractivity contribution in [1.29, 1.82) is 0 Å². The summed E-state index contributed by atoms with van der Waals surface area (Å²) in [6, 6.07) is 2.28. The van der Waals surface area contributed by atoms with Crippen molar-refractivity contribution in [2.24, 2.45) is 0 Å². The van der Waals surface area contributed by atoms with Gasteiger partial charge in [-0.15, -0.1) is 4.73 Å². The van der Waals surface area contributed by atoms with Crippen LogP contribution in [-0.4, -0.2) is 95.4 Å². The van der Waals surface area contributed by atoms with Crippen LogP contribution in [0.4, 0.5) is 0 Å². The third kappa shape index (κ3) is 22.6. The summed E-state index contributed by atoms with van der Waals surface area (Å²) >= 11 is 0. The molecule has 14 heteroatoms. The summed E-state index contributed by atoms with van der Waals surface area (Å²) < 4.78 is 29.5. The van der Waals surface area contributed by atoms with E-state index < -0.39 is 50.0 Å². The lowest BCUT2D eigenvalue weighted by Gasteiger charge is -2.25. The maximum Gasteiger partial charge on any atom is 0.333 e. The first-order chi connectivity index (χ1) is 22.2. The third-order valence-corrected chi connectivity index (χ3v) is 8.80. The molecule has 2 atom stereocenters. The third-order valence-electron chi connectivity index (χ3n) is 7.48. The largest absolute Gasteiger partial charge is 0.492 e. The zero-order valence-corrected chi connectivity index (χ0v) is 29.9. The van der Waals surface area contributed by atoms with Crippen molar-refractivity contribution in [1.82, 2.24) is 4.73 Å². The molecule has 0 amide bonds. The fourth-order valence-corrected chi connectivity index (χ4v) is 6.00. The monoisotopic (exact) mass is 691 g/mol. The lowest BCUT2D eigenvalue weighted by molar-refractivity contribution is -0.867. The van der Waals surface area contributed by atoms with E-state index in [9.17, 15) is 34.1 Å². The molecule has 3 N–H and O–H groups in total. The zero-order chi connectivity index (χ0) is 35.1. The van der Waals surface area contributed by atoms with Gasteiger partial charge < -0.3 is 38.4 Å². The first-order valence-electron chi connectivity index (χ1n) is 17.1. The van der Waals surface area contributed by atoms with E-state index >= 15 is 0 Å². The van der Waals surface area contributed by atoms with Gasteiger partial charge in [0.1, 0.15) is 6.61 Å². The molecular weight excluding hydrogens is 631 g/mol. The van der Waals surface area contributed by atoms with E-state index in [2.05, 4.69) is 6.92 Å². The van der Waals surface area contributed by atoms with Gasteiger partial charge in [-0.3, -0.25) is 14.2 Å². The number of ether oxygens (including phenoxy) is 2. The molecule has 0 aliphatic carbocycles. The Kier molecular flexibility index (Phi) is 21.4. The van der Waals surface area contributed by atoms with Gasteiger partial charge in [0.2, 0.25) is 11.8 Å². The topological polar surface area (TPSA) is 171 Å². The molecule has 0 aliphatic rings. The predicted molar refractivity (Wildman–Crippen MR) is 178 cm³/mol. The van der Waals surface area contributed by atoms with E-state index in [-0.39, 0.29) is 38.5 Å². The first-order valence-corrected chi connectivity index (χ1v) is 18.9. The van der Waals surface area contributed by atoms with E-state index in [0.717, 1.165) is 31.4 Å². The fraction of sp³-hybridized carbons (Fsp3) is 0.788. The Hall–Kier alpha value is -2.60. The molecule has 272 valence electrons. The molecule has 0 spiro atoms. The van der Waals surface area contributed by atoms with Crippen LogP contribution in [0.2, 0.25) is 0 Å². The lowest BCUT2D eigenvalue weighted by atomic mass is 10.0. The molecule has 2 unspecified atom stereocenters. The highest BCUT2D eigenvalue weighted by Gasteiger charge is 2.27. The predicted octanol–water partition coefficient (Wildman–Crippen LogP) is 5.87. The second kappa shape index (κ2) is 23.7. The number of quaternary nitrogens is 1. The average molecular weight is 692 g/mol. The van der Waals surface area contributed by atoms with E-state index in [1.165, 1.54) is 57.8 Å². The minimum Gasteiger partial charge on any atom is -0.492 e. The van der Waals surface area contributed by atoms with Crippen LogP contribution in [0, 0.1) is 0 Å². The number of esters is 2. The number of aromatic hydroxyl groups is 2. The minimum atomic E-state index is -4.00. The number of hydrogen-bond acceptors (Lipinski definition) is 10. The number of nitrogens with zero attached hydrogens (tertiary/aromatic N) is 2. The molecule has 0 aliphatic heterocycles. The Balaban J connectivity index is 2.42. The molecule has 0 saturated heterocycles. The summed E-state index contributed by atoms with van der Waals surface area (Å²) in [7, 11) is 1.63. The minimum absolute atomic E-state index is 0.0227. The van der Waals surface area contributed by atoms with Crippen LogP contribution >= 0.6 is 7.60 Å². The lowest BCUT2D eigenvalue weighted by Crippen LogP contribution is -2.37. The summed E-state index contributed by atoms with van der Waals surface area (Å²) in [4.78, 5) is 52.0. The van der Waals surface area contributed by atoms with E-state index in [0.29, 0.717) is 22.2 Å². The van der Waals surface area contributed by atoms with E-state index in [1.54, 1.807) is 0 Å². The molecule has 13 nitrogen and oxygen atoms in total. The molecule has 47 heavy (non-hydrogen) atoms. The van der Waals surface area contributed by atoms with Gasteiger partial charge in [-0.1, -0.05) is 84.0 Å². The van der Waals surface area contributed by atoms with Crippen molar-refractivity contribution >= 4 is 25.5 Å². The smallest absolute Gasteiger partial charge is 0.333 e. The molecular formula is C33H60N2O11P+. The highest BCUT2D eigenvalue weighted by molar-refractivity contribution is 7.52. The normalized spacial score (nSPS) is 13.6. The molecule has 0 bridgehead atoms. The van der Waals surface area contributed by atoms with Gasteiger partial charge in [-0.2, -0.15) is 0 Å². The molecule has 1 heterocycles. The highest BCUT2D eigenvalue weighted by Crippen LogP contribution is 2.42. The van der Waals surface area contributed by atoms with Crippen LogP contribution in [0.3, 0.4) is 0 Å². The number of hydrogen-bond donors (Lipinski definition) is 3. The van der Waals surface area contributed by atoms with Crippen LogP contribution < -0.4 is 4.84 Å². The fourth-order valence-electron chi connectivity index (χ4n) is 4.62. The van der Waals surface area contributed by atoms with Crippen LogP contribution in [0.25, 0.3) is 0 Å². The number of unbranched alkanes of at least 4 members (excludes halogenated alkanes) is 12. The second-order valence-corrected chi connectivity index (χ2v) is 15.1. The van der Waals surface area contributed by atoms with Crippen molar-refractivity contribution in [2.45, 2.75) is 122 Å². The van der Waals surface area contributed by atoms with Crippen molar-refractivity contribution < 1.29 is 57.4 Å². The SMILES string of the molecule is CCCCCCCCCCCCCCCC(=O)OCC(COP(=O)(O)CC[N+](C)(C)C)OC(=O)CCCC(=O)On1c(O)ccc1O. The molecule has 0 saturated carbocycles. The van der Waals surface area contributed by atoms with Gasteiger partial charge in [-0.05, 0) is 12.8 Å². The van der Waals surface area contributed by atoms with E-state index in [1.807, 2.05) is 21.1 Å². The van der Waals surface area contributed by atoms with Crippen molar-refractivity contribution in [3.63, 3.8) is 0 Å². The van der Waals surface area contributed by atoms with Crippen LogP contribution in [0.5, 0.6) is 11.8 Å². The first kappa shape index (κ1) is 42.4. The van der Waals surface area contributed by atoms with Crippen molar-refractivity contribution in [3.8, 4) is 11.8 Å². The molecule has 1 aromatic heterocycles. The Labute approximate surface area is 280 Å². The van der Waals surface area contributed by atoms with E-state index in [4.69, 9.17) is 18.8 Å². The number of rotatable bonds is 28. The zero-order valence-electron chi connectivity index (χ0n) is 29.0. The summed E-state index contributed by atoms with van der Waals surface area (Å²) in [5.41, 5.74) is 0. The Morgan fingerprint density at radius 3 is 1.77 bits per heavy atom. The van der Waals surface area contributed by atoms with Gasteiger partial charge >= 0.3 is 25.5 Å². The standard InChI is InChI=1S/C33H59N2O11P/c1-5-6-7-8-9-10-11-12-13-14-15-16-17-19-31(38)43-26-28(27-44-47(41,42)25-24-35(2,3)4)45-32(39)20-18-21-33(40)46-34-29(36)22-23-30(34)37/h22-23,28H,5-21,24-27H2,1-4H3,(H2-,36,37,41,42)/p+1. The van der Waals surface area contributed by atoms with Gasteiger partial charge in [0.05, 0.1) is 40.5 Å². The molecule has 0 aromatic carbocycles. The maximum atomic E-state index is 12.6. The Bertz CT molecular complexity index is 1070. The highest BCUT2D eigenvalue weighted by atomic mass is 31.2. The van der Waals surface area contributed by atoms with Gasteiger partial charge in [0, 0.05) is 31.4 Å². The molecule has 0 radical (unpaired) electrons. The number of carbonyl (C=O) groups is 3. The summed E-state index contributed by atoms with van der Waals surface area (Å²) in [5.74, 6) is -2.93. The Morgan fingerprint density at radius 2 is 1.23 bits per heavy atom. The van der Waals surface area contributed by atoms with Gasteiger partial charge in [-0.25, -0.2) is 4.79 Å². The average Bonchev–Trinajstić information content (AvgIpc) is 3.31. The number of aromatic nitrogens is 1. The molecule has 0 fully saturated rings. The van der Waals surface area contributed by atoms with Crippen molar-refractivity contribution in [2.75, 3.05) is 47.1 Å². The molecule has 1 rings (SSSR count). The second-order valence-electron chi connectivity index (χ2n) is 13.1. The quantitative estimate of drug-likeness (QED) is 0.0416. The van der Waals surface area contributed by atoms with Crippen molar-refractivity contribution in [3.05, 3.63) is 12.1 Å². The summed E-state index contributed by atoms with van der Waals surface area (Å²) in [6.45, 7) is 1.82. The van der Waals surface area contributed by atoms with Crippen LogP contribution in [0.1, 0.15) is 116 Å². The van der Waals surface area contributed by atoms with Gasteiger partial charge in [0.25, 0.3) is 0 Å². The maximum absolute atomic E-state index is 12.6. The van der Waals surface area contributed by atoms with Crippen LogP contribution in [-0.2, 0) is 32.9 Å². The van der Waals surface area contributed by atoms with Crippen LogP contribution in [0.15, 0.2) is 12.1 Å². The summed E-state index contributed by atoms with van der Waals surface area (Å²) in [5, 5.41) is 19.1. The molecule has 1 aromatic rings. The van der Waals surface area contributed by atoms with Gasteiger partial charge in [0.15, 0.2) is 6.10 Å².